The molecule has 0 unspecified atom stereocenters. The summed E-state index contributed by atoms with van der Waals surface area (Å²) in [5.41, 5.74) is 4.30. The highest BCUT2D eigenvalue weighted by atomic mass is 15.1. The number of likely N-dealkylation sites (N-methyl/N-ethyl adjacent to an activating group) is 1. The summed E-state index contributed by atoms with van der Waals surface area (Å²) in [4.78, 5) is 16.3. The molecule has 3 heterocycles. The highest BCUT2D eigenvalue weighted by Gasteiger charge is 2.21. The maximum atomic E-state index is 4.90. The molecule has 28 heavy (non-hydrogen) atoms. The molecule has 0 spiro atoms. The van der Waals surface area contributed by atoms with Crippen molar-refractivity contribution in [3.63, 3.8) is 0 Å². The van der Waals surface area contributed by atoms with Gasteiger partial charge in [-0.25, -0.2) is 9.97 Å². The lowest BCUT2D eigenvalue weighted by molar-refractivity contribution is 0.386. The Labute approximate surface area is 166 Å². The van der Waals surface area contributed by atoms with Crippen LogP contribution < -0.4 is 10.6 Å². The molecule has 144 valence electrons. The minimum absolute atomic E-state index is 0.140. The number of anilines is 1. The molecule has 0 radical (unpaired) electrons. The molecule has 0 fully saturated rings. The molecule has 1 atom stereocenters. The Morgan fingerprint density at radius 1 is 1.07 bits per heavy atom. The Kier molecular flexibility index (Phi) is 5.60. The Bertz CT molecular complexity index is 911. The van der Waals surface area contributed by atoms with Crippen molar-refractivity contribution in [1.29, 1.82) is 0 Å². The van der Waals surface area contributed by atoms with Gasteiger partial charge >= 0.3 is 0 Å². The molecule has 6 heteroatoms. The number of nitrogens with one attached hydrogen (secondary N) is 2. The van der Waals surface area contributed by atoms with E-state index in [1.807, 2.05) is 24.3 Å². The summed E-state index contributed by atoms with van der Waals surface area (Å²) >= 11 is 0. The second-order valence-electron chi connectivity index (χ2n) is 7.33. The zero-order chi connectivity index (χ0) is 19.3. The zero-order valence-electron chi connectivity index (χ0n) is 16.4. The Morgan fingerprint density at radius 2 is 1.89 bits per heavy atom. The van der Waals surface area contributed by atoms with Crippen LogP contribution in [0.15, 0.2) is 54.7 Å². The quantitative estimate of drug-likeness (QED) is 0.692. The van der Waals surface area contributed by atoms with Crippen LogP contribution in [0, 0.1) is 0 Å². The van der Waals surface area contributed by atoms with Crippen LogP contribution in [-0.2, 0) is 13.0 Å². The van der Waals surface area contributed by atoms with Crippen molar-refractivity contribution in [3.05, 3.63) is 71.5 Å². The van der Waals surface area contributed by atoms with Gasteiger partial charge in [0.2, 0.25) is 0 Å². The van der Waals surface area contributed by atoms with Gasteiger partial charge in [-0.1, -0.05) is 36.4 Å². The van der Waals surface area contributed by atoms with Crippen molar-refractivity contribution in [2.45, 2.75) is 19.0 Å². The number of benzene rings is 1. The van der Waals surface area contributed by atoms with Crippen LogP contribution in [0.4, 0.5) is 5.82 Å². The summed E-state index contributed by atoms with van der Waals surface area (Å²) in [5, 5.41) is 7.13. The SMILES string of the molecule is CN(C)C[C@@H](Nc1nc(-c2ccccn2)nc2c1CCNC2)c1ccccc1. The fourth-order valence-electron chi connectivity index (χ4n) is 3.54. The van der Waals surface area contributed by atoms with E-state index in [4.69, 9.17) is 9.97 Å². The lowest BCUT2D eigenvalue weighted by Gasteiger charge is -2.27. The summed E-state index contributed by atoms with van der Waals surface area (Å²) in [5.74, 6) is 1.59. The molecular formula is C22H26N6. The first-order chi connectivity index (χ1) is 13.7. The van der Waals surface area contributed by atoms with Crippen LogP contribution in [0.25, 0.3) is 11.5 Å². The summed E-state index contributed by atoms with van der Waals surface area (Å²) in [7, 11) is 4.19. The first-order valence-corrected chi connectivity index (χ1v) is 9.69. The minimum Gasteiger partial charge on any atom is -0.362 e. The van der Waals surface area contributed by atoms with E-state index in [0.717, 1.165) is 43.3 Å². The predicted octanol–water partition coefficient (Wildman–Crippen LogP) is 2.90. The summed E-state index contributed by atoms with van der Waals surface area (Å²) in [6.07, 6.45) is 2.70. The van der Waals surface area contributed by atoms with Crippen molar-refractivity contribution in [2.75, 3.05) is 32.5 Å². The van der Waals surface area contributed by atoms with Gasteiger partial charge < -0.3 is 15.5 Å². The van der Waals surface area contributed by atoms with Crippen molar-refractivity contribution in [3.8, 4) is 11.5 Å². The third-order valence-electron chi connectivity index (χ3n) is 4.89. The minimum atomic E-state index is 0.140. The van der Waals surface area contributed by atoms with E-state index in [2.05, 4.69) is 58.9 Å². The molecule has 1 aromatic carbocycles. The molecule has 1 aliphatic rings. The Balaban J connectivity index is 1.74. The van der Waals surface area contributed by atoms with E-state index >= 15 is 0 Å². The number of hydrogen-bond donors (Lipinski definition) is 2. The van der Waals surface area contributed by atoms with Crippen LogP contribution in [0.1, 0.15) is 22.9 Å². The molecule has 0 aliphatic carbocycles. The van der Waals surface area contributed by atoms with Crippen LogP contribution in [0.3, 0.4) is 0 Å². The molecule has 3 aromatic rings. The van der Waals surface area contributed by atoms with Gasteiger partial charge in [0.05, 0.1) is 11.7 Å². The van der Waals surface area contributed by atoms with E-state index in [9.17, 15) is 0 Å². The molecule has 4 rings (SSSR count). The fraction of sp³-hybridized carbons (Fsp3) is 0.318. The maximum Gasteiger partial charge on any atom is 0.180 e. The van der Waals surface area contributed by atoms with E-state index in [1.54, 1.807) is 6.20 Å². The second kappa shape index (κ2) is 8.46. The number of fused-ring (bicyclic) bond motifs is 1. The normalized spacial score (nSPS) is 14.5. The summed E-state index contributed by atoms with van der Waals surface area (Å²) in [6.45, 7) is 2.58. The van der Waals surface area contributed by atoms with Crippen LogP contribution in [-0.4, -0.2) is 47.0 Å². The number of pyridine rings is 1. The Hall–Kier alpha value is -2.83. The second-order valence-corrected chi connectivity index (χ2v) is 7.33. The standard InChI is InChI=1S/C22H26N6/c1-28(2)15-20(16-8-4-3-5-9-16)26-21-17-11-13-23-14-19(17)25-22(27-21)18-10-6-7-12-24-18/h3-10,12,20,23H,11,13-15H2,1-2H3,(H,25,26,27)/t20-/m1/s1. The molecule has 0 saturated heterocycles. The first kappa shape index (κ1) is 18.5. The van der Waals surface area contributed by atoms with Gasteiger partial charge in [-0.15, -0.1) is 0 Å². The van der Waals surface area contributed by atoms with E-state index in [0.29, 0.717) is 5.82 Å². The smallest absolute Gasteiger partial charge is 0.180 e. The van der Waals surface area contributed by atoms with Crippen molar-refractivity contribution in [2.24, 2.45) is 0 Å². The van der Waals surface area contributed by atoms with Gasteiger partial charge in [0, 0.05) is 24.8 Å². The highest BCUT2D eigenvalue weighted by Crippen LogP contribution is 2.27. The zero-order valence-corrected chi connectivity index (χ0v) is 16.4. The van der Waals surface area contributed by atoms with Gasteiger partial charge in [0.25, 0.3) is 0 Å². The van der Waals surface area contributed by atoms with Gasteiger partial charge in [-0.3, -0.25) is 4.98 Å². The molecular weight excluding hydrogens is 348 g/mol. The number of nitrogens with zero attached hydrogens (tertiary/aromatic N) is 4. The summed E-state index contributed by atoms with van der Waals surface area (Å²) < 4.78 is 0. The molecule has 2 aromatic heterocycles. The lowest BCUT2D eigenvalue weighted by atomic mass is 10.0. The Morgan fingerprint density at radius 3 is 2.64 bits per heavy atom. The molecule has 6 nitrogen and oxygen atoms in total. The molecule has 0 bridgehead atoms. The molecule has 1 aliphatic heterocycles. The monoisotopic (exact) mass is 374 g/mol. The van der Waals surface area contributed by atoms with Crippen LogP contribution in [0.2, 0.25) is 0 Å². The molecule has 0 amide bonds. The van der Waals surface area contributed by atoms with Gasteiger partial charge in [0.1, 0.15) is 11.5 Å². The highest BCUT2D eigenvalue weighted by molar-refractivity contribution is 5.58. The van der Waals surface area contributed by atoms with Crippen molar-refractivity contribution in [1.82, 2.24) is 25.2 Å². The van der Waals surface area contributed by atoms with E-state index < -0.39 is 0 Å². The first-order valence-electron chi connectivity index (χ1n) is 9.69. The van der Waals surface area contributed by atoms with Gasteiger partial charge in [-0.05, 0) is 44.8 Å². The topological polar surface area (TPSA) is 66.0 Å². The number of hydrogen-bond acceptors (Lipinski definition) is 6. The third-order valence-corrected chi connectivity index (χ3v) is 4.89. The van der Waals surface area contributed by atoms with Crippen LogP contribution in [0.5, 0.6) is 0 Å². The average molecular weight is 374 g/mol. The molecule has 2 N–H and O–H groups in total. The maximum absolute atomic E-state index is 4.90. The largest absolute Gasteiger partial charge is 0.362 e. The van der Waals surface area contributed by atoms with E-state index in [1.165, 1.54) is 11.1 Å². The number of aromatic nitrogens is 3. The molecule has 0 saturated carbocycles. The fourth-order valence-corrected chi connectivity index (χ4v) is 3.54. The van der Waals surface area contributed by atoms with Gasteiger partial charge in [-0.2, -0.15) is 0 Å². The predicted molar refractivity (Wildman–Crippen MR) is 112 cm³/mol. The summed E-state index contributed by atoms with van der Waals surface area (Å²) in [6, 6.07) is 16.5. The van der Waals surface area contributed by atoms with Crippen LogP contribution >= 0.6 is 0 Å². The third kappa shape index (κ3) is 4.18. The van der Waals surface area contributed by atoms with E-state index in [-0.39, 0.29) is 6.04 Å². The average Bonchev–Trinajstić information content (AvgIpc) is 2.74. The lowest BCUT2D eigenvalue weighted by Crippen LogP contribution is -2.29. The van der Waals surface area contributed by atoms with Gasteiger partial charge in [0.15, 0.2) is 5.82 Å². The number of rotatable bonds is 6. The van der Waals surface area contributed by atoms with Crippen molar-refractivity contribution >= 4 is 5.82 Å². The van der Waals surface area contributed by atoms with Crippen molar-refractivity contribution < 1.29 is 0 Å².